The standard InChI is InChI=1S/C20H18IN3O4S2/c21-16-5-1-14(2-6-16)18-13-29-20(22-18)23-19(25)15-3-7-17(8-4-15)30(26,27)24-9-11-28-12-10-24/h1-8,13H,9-12H2,(H,22,23,25). The highest BCUT2D eigenvalue weighted by Gasteiger charge is 2.26. The molecule has 1 amide bonds. The third kappa shape index (κ3) is 4.72. The van der Waals surface area contributed by atoms with Gasteiger partial charge in [0.25, 0.3) is 5.91 Å². The van der Waals surface area contributed by atoms with Crippen LogP contribution < -0.4 is 5.32 Å². The maximum absolute atomic E-state index is 12.7. The van der Waals surface area contributed by atoms with Crippen LogP contribution in [0.3, 0.4) is 0 Å². The number of hydrogen-bond acceptors (Lipinski definition) is 6. The summed E-state index contributed by atoms with van der Waals surface area (Å²) in [5.74, 6) is -0.339. The van der Waals surface area contributed by atoms with E-state index in [-0.39, 0.29) is 10.8 Å². The van der Waals surface area contributed by atoms with Crippen molar-refractivity contribution in [2.75, 3.05) is 31.6 Å². The van der Waals surface area contributed by atoms with Crippen LogP contribution >= 0.6 is 33.9 Å². The number of nitrogens with one attached hydrogen (secondary N) is 1. The monoisotopic (exact) mass is 555 g/mol. The quantitative estimate of drug-likeness (QED) is 0.486. The normalized spacial score (nSPS) is 15.1. The Labute approximate surface area is 192 Å². The molecule has 0 unspecified atom stereocenters. The van der Waals surface area contributed by atoms with E-state index in [9.17, 15) is 13.2 Å². The van der Waals surface area contributed by atoms with Gasteiger partial charge in [-0.2, -0.15) is 4.31 Å². The Morgan fingerprint density at radius 1 is 1.07 bits per heavy atom. The van der Waals surface area contributed by atoms with Crippen molar-refractivity contribution >= 4 is 55.0 Å². The van der Waals surface area contributed by atoms with E-state index in [1.54, 1.807) is 0 Å². The lowest BCUT2D eigenvalue weighted by Gasteiger charge is -2.26. The fraction of sp³-hybridized carbons (Fsp3) is 0.200. The van der Waals surface area contributed by atoms with E-state index >= 15 is 0 Å². The first-order valence-corrected chi connectivity index (χ1v) is 12.5. The lowest BCUT2D eigenvalue weighted by atomic mass is 10.2. The van der Waals surface area contributed by atoms with Gasteiger partial charge in [-0.25, -0.2) is 13.4 Å². The summed E-state index contributed by atoms with van der Waals surface area (Å²) in [5, 5.41) is 5.14. The average Bonchev–Trinajstić information content (AvgIpc) is 3.23. The maximum atomic E-state index is 12.7. The number of sulfonamides is 1. The van der Waals surface area contributed by atoms with E-state index in [2.05, 4.69) is 32.9 Å². The second kappa shape index (κ2) is 9.10. The van der Waals surface area contributed by atoms with Crippen LogP contribution in [-0.4, -0.2) is 49.9 Å². The van der Waals surface area contributed by atoms with Crippen molar-refractivity contribution in [2.24, 2.45) is 0 Å². The van der Waals surface area contributed by atoms with Crippen LogP contribution in [0.15, 0.2) is 58.8 Å². The molecule has 10 heteroatoms. The molecule has 2 heterocycles. The fourth-order valence-electron chi connectivity index (χ4n) is 2.97. The largest absolute Gasteiger partial charge is 0.379 e. The molecular formula is C20H18IN3O4S2. The van der Waals surface area contributed by atoms with E-state index in [1.165, 1.54) is 39.9 Å². The predicted octanol–water partition coefficient (Wildman–Crippen LogP) is 3.69. The van der Waals surface area contributed by atoms with Crippen LogP contribution in [-0.2, 0) is 14.8 Å². The number of halogens is 1. The Morgan fingerprint density at radius 3 is 2.40 bits per heavy atom. The number of aromatic nitrogens is 1. The Balaban J connectivity index is 1.45. The number of ether oxygens (including phenoxy) is 1. The number of thiazole rings is 1. The zero-order valence-electron chi connectivity index (χ0n) is 15.7. The number of rotatable bonds is 5. The topological polar surface area (TPSA) is 88.6 Å². The molecule has 156 valence electrons. The molecule has 0 bridgehead atoms. The van der Waals surface area contributed by atoms with Crippen LogP contribution in [0.2, 0.25) is 0 Å². The number of morpholine rings is 1. The smallest absolute Gasteiger partial charge is 0.257 e. The van der Waals surface area contributed by atoms with Crippen LogP contribution in [0.1, 0.15) is 10.4 Å². The number of benzene rings is 2. The lowest BCUT2D eigenvalue weighted by Crippen LogP contribution is -2.40. The van der Waals surface area contributed by atoms with Crippen molar-refractivity contribution in [1.82, 2.24) is 9.29 Å². The Hall–Kier alpha value is -1.86. The second-order valence-electron chi connectivity index (χ2n) is 6.54. The van der Waals surface area contributed by atoms with Gasteiger partial charge in [0.05, 0.1) is 23.8 Å². The summed E-state index contributed by atoms with van der Waals surface area (Å²) in [6.45, 7) is 1.44. The number of carbonyl (C=O) groups is 1. The first kappa shape index (κ1) is 21.4. The second-order valence-corrected chi connectivity index (χ2v) is 10.6. The molecule has 0 radical (unpaired) electrons. The first-order chi connectivity index (χ1) is 14.4. The third-order valence-corrected chi connectivity index (χ3v) is 7.98. The van der Waals surface area contributed by atoms with Gasteiger partial charge in [-0.1, -0.05) is 12.1 Å². The first-order valence-electron chi connectivity index (χ1n) is 9.14. The van der Waals surface area contributed by atoms with Crippen LogP contribution in [0.25, 0.3) is 11.3 Å². The molecule has 0 spiro atoms. The van der Waals surface area contributed by atoms with Crippen molar-refractivity contribution < 1.29 is 17.9 Å². The van der Waals surface area contributed by atoms with Gasteiger partial charge in [0.1, 0.15) is 0 Å². The maximum Gasteiger partial charge on any atom is 0.257 e. The summed E-state index contributed by atoms with van der Waals surface area (Å²) >= 11 is 3.58. The van der Waals surface area contributed by atoms with Crippen LogP contribution in [0.5, 0.6) is 0 Å². The third-order valence-electron chi connectivity index (χ3n) is 4.59. The molecule has 0 atom stereocenters. The Morgan fingerprint density at radius 2 is 1.73 bits per heavy atom. The number of hydrogen-bond donors (Lipinski definition) is 1. The minimum atomic E-state index is -3.58. The zero-order chi connectivity index (χ0) is 21.1. The molecule has 1 aliphatic heterocycles. The van der Waals surface area contributed by atoms with Crippen molar-refractivity contribution in [1.29, 1.82) is 0 Å². The Bertz CT molecular complexity index is 1140. The molecule has 1 fully saturated rings. The van der Waals surface area contributed by atoms with Gasteiger partial charge < -0.3 is 4.74 Å². The van der Waals surface area contributed by atoms with Gasteiger partial charge >= 0.3 is 0 Å². The van der Waals surface area contributed by atoms with Gasteiger partial charge in [0, 0.05) is 33.2 Å². The molecule has 0 aliphatic carbocycles. The summed E-state index contributed by atoms with van der Waals surface area (Å²) in [4.78, 5) is 17.2. The van der Waals surface area contributed by atoms with Gasteiger partial charge in [-0.15, -0.1) is 11.3 Å². The van der Waals surface area contributed by atoms with Crippen molar-refractivity contribution in [3.63, 3.8) is 0 Å². The van der Waals surface area contributed by atoms with Crippen molar-refractivity contribution in [2.45, 2.75) is 4.90 Å². The molecule has 3 aromatic rings. The fourth-order valence-corrected chi connectivity index (χ4v) is 5.45. The number of anilines is 1. The molecule has 0 saturated carbocycles. The minimum Gasteiger partial charge on any atom is -0.379 e. The van der Waals surface area contributed by atoms with E-state index < -0.39 is 10.0 Å². The highest BCUT2D eigenvalue weighted by molar-refractivity contribution is 14.1. The van der Waals surface area contributed by atoms with E-state index in [0.29, 0.717) is 37.0 Å². The zero-order valence-corrected chi connectivity index (χ0v) is 19.5. The SMILES string of the molecule is O=C(Nc1nc(-c2ccc(I)cc2)cs1)c1ccc(S(=O)(=O)N2CCOCC2)cc1. The average molecular weight is 555 g/mol. The molecular weight excluding hydrogens is 537 g/mol. The molecule has 4 rings (SSSR count). The van der Waals surface area contributed by atoms with Crippen LogP contribution in [0.4, 0.5) is 5.13 Å². The Kier molecular flexibility index (Phi) is 6.48. The summed E-state index contributed by atoms with van der Waals surface area (Å²) in [5.41, 5.74) is 2.13. The molecule has 1 aliphatic rings. The number of amides is 1. The molecule has 2 aromatic carbocycles. The summed E-state index contributed by atoms with van der Waals surface area (Å²) in [7, 11) is -3.58. The highest BCUT2D eigenvalue weighted by Crippen LogP contribution is 2.26. The molecule has 1 N–H and O–H groups in total. The van der Waals surface area contributed by atoms with Gasteiger partial charge in [-0.05, 0) is 59.0 Å². The minimum absolute atomic E-state index is 0.163. The van der Waals surface area contributed by atoms with Crippen molar-refractivity contribution in [3.05, 3.63) is 63.0 Å². The molecule has 1 saturated heterocycles. The summed E-state index contributed by atoms with van der Waals surface area (Å²) in [6.07, 6.45) is 0. The van der Waals surface area contributed by atoms with Crippen molar-refractivity contribution in [3.8, 4) is 11.3 Å². The van der Waals surface area contributed by atoms with Gasteiger partial charge in [0.2, 0.25) is 10.0 Å². The van der Waals surface area contributed by atoms with Crippen LogP contribution in [0, 0.1) is 3.57 Å². The van der Waals surface area contributed by atoms with Gasteiger partial charge in [-0.3, -0.25) is 10.1 Å². The summed E-state index contributed by atoms with van der Waals surface area (Å²) in [6, 6.07) is 13.9. The highest BCUT2D eigenvalue weighted by atomic mass is 127. The van der Waals surface area contributed by atoms with E-state index in [0.717, 1.165) is 14.8 Å². The summed E-state index contributed by atoms with van der Waals surface area (Å²) < 4.78 is 33.1. The lowest BCUT2D eigenvalue weighted by molar-refractivity contribution is 0.0730. The predicted molar refractivity (Wildman–Crippen MR) is 124 cm³/mol. The van der Waals surface area contributed by atoms with E-state index in [4.69, 9.17) is 4.74 Å². The number of carbonyl (C=O) groups excluding carboxylic acids is 1. The van der Waals surface area contributed by atoms with Gasteiger partial charge in [0.15, 0.2) is 5.13 Å². The molecule has 7 nitrogen and oxygen atoms in total. The molecule has 30 heavy (non-hydrogen) atoms. The molecule has 1 aromatic heterocycles. The van der Waals surface area contributed by atoms with E-state index in [1.807, 2.05) is 29.6 Å². The number of nitrogens with zero attached hydrogens (tertiary/aromatic N) is 2.